The molecule has 1 aliphatic rings. The summed E-state index contributed by atoms with van der Waals surface area (Å²) in [6.45, 7) is 6.23. The van der Waals surface area contributed by atoms with Crippen molar-refractivity contribution in [1.82, 2.24) is 15.0 Å². The molecular weight excluding hydrogens is 312 g/mol. The molecule has 24 heavy (non-hydrogen) atoms. The lowest BCUT2D eigenvalue weighted by molar-refractivity contribution is -0.117. The molecule has 0 aliphatic carbocycles. The summed E-state index contributed by atoms with van der Waals surface area (Å²) in [5, 5.41) is 6.42. The number of furan rings is 1. The first-order valence-corrected chi connectivity index (χ1v) is 7.82. The van der Waals surface area contributed by atoms with Crippen LogP contribution in [0.5, 0.6) is 0 Å². The number of carbonyl (C=O) groups excluding carboxylic acids is 2. The molecule has 3 heterocycles. The van der Waals surface area contributed by atoms with Crippen LogP contribution in [-0.4, -0.2) is 59.5 Å². The summed E-state index contributed by atoms with van der Waals surface area (Å²) in [7, 11) is 0. The number of nitrogens with zero attached hydrogens (tertiary/aromatic N) is 3. The van der Waals surface area contributed by atoms with E-state index in [1.807, 2.05) is 11.8 Å². The summed E-state index contributed by atoms with van der Waals surface area (Å²) >= 11 is 0. The minimum atomic E-state index is -0.148. The highest BCUT2D eigenvalue weighted by atomic mass is 16.5. The van der Waals surface area contributed by atoms with Crippen LogP contribution in [0, 0.1) is 13.8 Å². The molecule has 2 aromatic rings. The average Bonchev–Trinajstić information content (AvgIpc) is 3.16. The van der Waals surface area contributed by atoms with E-state index in [1.54, 1.807) is 30.0 Å². The average molecular weight is 332 g/mol. The number of hydrogen-bond donors (Lipinski definition) is 1. The SMILES string of the molecule is Cc1cc(NC(=O)CN2CCN(C(=O)c3ccc(C)o3)CC2)no1. The number of carbonyl (C=O) groups is 2. The Balaban J connectivity index is 1.46. The zero-order valence-corrected chi connectivity index (χ0v) is 13.7. The van der Waals surface area contributed by atoms with Gasteiger partial charge in [-0.05, 0) is 26.0 Å². The van der Waals surface area contributed by atoms with Crippen LogP contribution in [0.1, 0.15) is 22.1 Å². The number of hydrogen-bond acceptors (Lipinski definition) is 6. The van der Waals surface area contributed by atoms with Crippen LogP contribution in [0.25, 0.3) is 0 Å². The van der Waals surface area contributed by atoms with Crippen molar-refractivity contribution < 1.29 is 18.5 Å². The normalized spacial score (nSPS) is 15.5. The Bertz CT molecular complexity index is 728. The number of aromatic nitrogens is 1. The summed E-state index contributed by atoms with van der Waals surface area (Å²) in [5.74, 6) is 1.89. The molecule has 0 unspecified atom stereocenters. The van der Waals surface area contributed by atoms with Crippen molar-refractivity contribution in [2.75, 3.05) is 38.0 Å². The molecule has 0 saturated carbocycles. The van der Waals surface area contributed by atoms with Crippen molar-refractivity contribution in [2.45, 2.75) is 13.8 Å². The molecule has 3 rings (SSSR count). The van der Waals surface area contributed by atoms with Gasteiger partial charge in [0.2, 0.25) is 5.91 Å². The van der Waals surface area contributed by atoms with Crippen LogP contribution in [0.4, 0.5) is 5.82 Å². The van der Waals surface area contributed by atoms with Crippen LogP contribution in [-0.2, 0) is 4.79 Å². The van der Waals surface area contributed by atoms with Gasteiger partial charge >= 0.3 is 0 Å². The predicted octanol–water partition coefficient (Wildman–Crippen LogP) is 1.28. The number of piperazine rings is 1. The van der Waals surface area contributed by atoms with E-state index in [9.17, 15) is 9.59 Å². The Morgan fingerprint density at radius 2 is 1.92 bits per heavy atom. The highest BCUT2D eigenvalue weighted by Crippen LogP contribution is 2.12. The number of amides is 2. The van der Waals surface area contributed by atoms with Crippen molar-refractivity contribution in [3.05, 3.63) is 35.5 Å². The predicted molar refractivity (Wildman–Crippen MR) is 85.7 cm³/mol. The van der Waals surface area contributed by atoms with Crippen LogP contribution >= 0.6 is 0 Å². The maximum absolute atomic E-state index is 12.3. The van der Waals surface area contributed by atoms with Crippen LogP contribution < -0.4 is 5.32 Å². The molecular formula is C16H20N4O4. The van der Waals surface area contributed by atoms with Crippen LogP contribution in [0.2, 0.25) is 0 Å². The summed E-state index contributed by atoms with van der Waals surface area (Å²) in [6.07, 6.45) is 0. The topological polar surface area (TPSA) is 91.8 Å². The number of rotatable bonds is 4. The maximum atomic E-state index is 12.3. The molecule has 8 nitrogen and oxygen atoms in total. The van der Waals surface area contributed by atoms with Gasteiger partial charge in [0, 0.05) is 32.2 Å². The lowest BCUT2D eigenvalue weighted by atomic mass is 10.3. The highest BCUT2D eigenvalue weighted by Gasteiger charge is 2.25. The smallest absolute Gasteiger partial charge is 0.289 e. The van der Waals surface area contributed by atoms with Gasteiger partial charge in [-0.15, -0.1) is 0 Å². The number of anilines is 1. The second-order valence-electron chi connectivity index (χ2n) is 5.85. The first kappa shape index (κ1) is 16.3. The van der Waals surface area contributed by atoms with Crippen molar-refractivity contribution in [1.29, 1.82) is 0 Å². The monoisotopic (exact) mass is 332 g/mol. The fraction of sp³-hybridized carbons (Fsp3) is 0.438. The van der Waals surface area contributed by atoms with E-state index in [0.717, 1.165) is 5.76 Å². The molecule has 1 saturated heterocycles. The van der Waals surface area contributed by atoms with Crippen molar-refractivity contribution >= 4 is 17.6 Å². The molecule has 2 amide bonds. The third-order valence-electron chi connectivity index (χ3n) is 3.87. The zero-order valence-electron chi connectivity index (χ0n) is 13.7. The van der Waals surface area contributed by atoms with Crippen molar-refractivity contribution in [3.8, 4) is 0 Å². The lowest BCUT2D eigenvalue weighted by Crippen LogP contribution is -2.50. The second kappa shape index (κ2) is 6.88. The fourth-order valence-corrected chi connectivity index (χ4v) is 2.63. The largest absolute Gasteiger partial charge is 0.456 e. The lowest BCUT2D eigenvalue weighted by Gasteiger charge is -2.33. The van der Waals surface area contributed by atoms with Gasteiger partial charge in [0.1, 0.15) is 11.5 Å². The first-order valence-electron chi connectivity index (χ1n) is 7.82. The minimum absolute atomic E-state index is 0.106. The van der Waals surface area contributed by atoms with Crippen LogP contribution in [0.15, 0.2) is 27.1 Å². The van der Waals surface area contributed by atoms with Gasteiger partial charge in [0.05, 0.1) is 6.54 Å². The molecule has 2 aromatic heterocycles. The highest BCUT2D eigenvalue weighted by molar-refractivity contribution is 5.92. The molecule has 0 spiro atoms. The molecule has 1 N–H and O–H groups in total. The van der Waals surface area contributed by atoms with E-state index in [0.29, 0.717) is 43.5 Å². The Morgan fingerprint density at radius 1 is 1.17 bits per heavy atom. The Kier molecular flexibility index (Phi) is 4.66. The van der Waals surface area contributed by atoms with E-state index in [1.165, 1.54) is 0 Å². The molecule has 1 fully saturated rings. The van der Waals surface area contributed by atoms with E-state index in [-0.39, 0.29) is 18.4 Å². The van der Waals surface area contributed by atoms with Crippen molar-refractivity contribution in [3.63, 3.8) is 0 Å². The van der Waals surface area contributed by atoms with Crippen LogP contribution in [0.3, 0.4) is 0 Å². The Morgan fingerprint density at radius 3 is 2.50 bits per heavy atom. The zero-order chi connectivity index (χ0) is 17.1. The van der Waals surface area contributed by atoms with E-state index >= 15 is 0 Å². The van der Waals surface area contributed by atoms with Gasteiger partial charge in [-0.2, -0.15) is 0 Å². The molecule has 0 aromatic carbocycles. The summed E-state index contributed by atoms with van der Waals surface area (Å²) in [6, 6.07) is 5.14. The molecule has 0 atom stereocenters. The van der Waals surface area contributed by atoms with E-state index in [4.69, 9.17) is 8.94 Å². The minimum Gasteiger partial charge on any atom is -0.456 e. The van der Waals surface area contributed by atoms with Gasteiger partial charge in [-0.25, -0.2) is 0 Å². The fourth-order valence-electron chi connectivity index (χ4n) is 2.63. The molecule has 0 radical (unpaired) electrons. The van der Waals surface area contributed by atoms with Gasteiger partial charge < -0.3 is 19.2 Å². The van der Waals surface area contributed by atoms with Gasteiger partial charge in [-0.3, -0.25) is 14.5 Å². The summed E-state index contributed by atoms with van der Waals surface area (Å²) in [4.78, 5) is 28.0. The Labute approximate surface area is 139 Å². The quantitative estimate of drug-likeness (QED) is 0.907. The molecule has 1 aliphatic heterocycles. The van der Waals surface area contributed by atoms with Gasteiger partial charge in [0.25, 0.3) is 5.91 Å². The van der Waals surface area contributed by atoms with E-state index in [2.05, 4.69) is 10.5 Å². The maximum Gasteiger partial charge on any atom is 0.289 e. The van der Waals surface area contributed by atoms with Crippen molar-refractivity contribution in [2.24, 2.45) is 0 Å². The standard InChI is InChI=1S/C16H20N4O4/c1-11-3-4-13(23-11)16(22)20-7-5-19(6-8-20)10-15(21)17-14-9-12(2)24-18-14/h3-4,9H,5-8,10H2,1-2H3,(H,17,18,21). The third-order valence-corrected chi connectivity index (χ3v) is 3.87. The molecule has 0 bridgehead atoms. The number of nitrogens with one attached hydrogen (secondary N) is 1. The summed E-state index contributed by atoms with van der Waals surface area (Å²) in [5.41, 5.74) is 0. The first-order chi connectivity index (χ1) is 11.5. The van der Waals surface area contributed by atoms with E-state index < -0.39 is 0 Å². The molecule has 8 heteroatoms. The number of aryl methyl sites for hydroxylation is 2. The second-order valence-corrected chi connectivity index (χ2v) is 5.85. The third kappa shape index (κ3) is 3.83. The molecule has 128 valence electrons. The summed E-state index contributed by atoms with van der Waals surface area (Å²) < 4.78 is 10.3. The van der Waals surface area contributed by atoms with Gasteiger partial charge in [-0.1, -0.05) is 5.16 Å². The van der Waals surface area contributed by atoms with Gasteiger partial charge in [0.15, 0.2) is 11.6 Å². The Hall–Kier alpha value is -2.61.